The number of hydrogen-bond acceptors (Lipinski definition) is 3. The number of amides is 1. The average molecular weight is 244 g/mol. The van der Waals surface area contributed by atoms with Gasteiger partial charge in [0.15, 0.2) is 5.82 Å². The number of nitrogens with zero attached hydrogens (tertiary/aromatic N) is 2. The predicted octanol–water partition coefficient (Wildman–Crippen LogP) is 0.850. The second kappa shape index (κ2) is 5.46. The number of aryl methyl sites for hydroxylation is 1. The van der Waals surface area contributed by atoms with Crippen molar-refractivity contribution in [3.63, 3.8) is 0 Å². The fourth-order valence-corrected chi connectivity index (χ4v) is 1.68. The van der Waals surface area contributed by atoms with E-state index in [1.165, 1.54) is 0 Å². The zero-order valence-corrected chi connectivity index (χ0v) is 10.2. The molecule has 2 rings (SSSR count). The minimum atomic E-state index is -0.214. The van der Waals surface area contributed by atoms with Crippen molar-refractivity contribution in [1.82, 2.24) is 14.9 Å². The van der Waals surface area contributed by atoms with E-state index in [2.05, 4.69) is 10.3 Å². The van der Waals surface area contributed by atoms with Crippen molar-refractivity contribution in [1.29, 1.82) is 0 Å². The molecule has 0 saturated carbocycles. The summed E-state index contributed by atoms with van der Waals surface area (Å²) in [4.78, 5) is 15.8. The fraction of sp³-hybridized carbons (Fsp3) is 0.231. The van der Waals surface area contributed by atoms with Crippen LogP contribution in [0.2, 0.25) is 0 Å². The van der Waals surface area contributed by atoms with Crippen LogP contribution in [0.15, 0.2) is 42.7 Å². The number of carbonyl (C=O) groups is 1. The summed E-state index contributed by atoms with van der Waals surface area (Å²) in [7, 11) is 1.78. The third-order valence-corrected chi connectivity index (χ3v) is 2.73. The quantitative estimate of drug-likeness (QED) is 0.837. The molecule has 1 amide bonds. The van der Waals surface area contributed by atoms with Gasteiger partial charge < -0.3 is 15.6 Å². The van der Waals surface area contributed by atoms with Crippen molar-refractivity contribution < 1.29 is 4.79 Å². The molecule has 5 heteroatoms. The number of nitrogens with two attached hydrogens (primary N) is 1. The maximum Gasteiger partial charge on any atom is 0.287 e. The van der Waals surface area contributed by atoms with Crippen LogP contribution < -0.4 is 11.1 Å². The standard InChI is InChI=1S/C13H16N4O/c1-17-8-7-15-12(17)13(18)16-9-11(14)10-5-3-2-4-6-10/h2-8,11H,9,14H2,1H3,(H,16,18). The van der Waals surface area contributed by atoms with Gasteiger partial charge in [0.2, 0.25) is 0 Å². The monoisotopic (exact) mass is 244 g/mol. The molecule has 0 fully saturated rings. The largest absolute Gasteiger partial charge is 0.347 e. The van der Waals surface area contributed by atoms with Crippen LogP contribution >= 0.6 is 0 Å². The van der Waals surface area contributed by atoms with Crippen molar-refractivity contribution in [2.45, 2.75) is 6.04 Å². The molecule has 1 heterocycles. The summed E-state index contributed by atoms with van der Waals surface area (Å²) in [6, 6.07) is 9.46. The Morgan fingerprint density at radius 3 is 2.78 bits per heavy atom. The lowest BCUT2D eigenvalue weighted by Gasteiger charge is -2.12. The van der Waals surface area contributed by atoms with E-state index in [1.807, 2.05) is 30.3 Å². The number of hydrogen-bond donors (Lipinski definition) is 2. The number of aromatic nitrogens is 2. The number of benzene rings is 1. The van der Waals surface area contributed by atoms with E-state index in [1.54, 1.807) is 24.0 Å². The Morgan fingerprint density at radius 1 is 1.44 bits per heavy atom. The van der Waals surface area contributed by atoms with Crippen LogP contribution in [-0.2, 0) is 7.05 Å². The Morgan fingerprint density at radius 2 is 2.17 bits per heavy atom. The number of carbonyl (C=O) groups excluding carboxylic acids is 1. The lowest BCUT2D eigenvalue weighted by molar-refractivity contribution is 0.0938. The third-order valence-electron chi connectivity index (χ3n) is 2.73. The van der Waals surface area contributed by atoms with E-state index in [-0.39, 0.29) is 11.9 Å². The van der Waals surface area contributed by atoms with E-state index in [0.29, 0.717) is 12.4 Å². The molecule has 0 saturated heterocycles. The summed E-state index contributed by atoms with van der Waals surface area (Å²) in [6.45, 7) is 0.385. The summed E-state index contributed by atoms with van der Waals surface area (Å²) in [6.07, 6.45) is 3.32. The molecule has 0 bridgehead atoms. The van der Waals surface area contributed by atoms with Crippen LogP contribution in [0.3, 0.4) is 0 Å². The van der Waals surface area contributed by atoms with Gasteiger partial charge in [-0.25, -0.2) is 4.98 Å². The molecule has 3 N–H and O–H groups in total. The van der Waals surface area contributed by atoms with E-state index >= 15 is 0 Å². The normalized spacial score (nSPS) is 12.1. The van der Waals surface area contributed by atoms with Gasteiger partial charge in [0.1, 0.15) is 0 Å². The average Bonchev–Trinajstić information content (AvgIpc) is 2.83. The maximum absolute atomic E-state index is 11.8. The molecule has 5 nitrogen and oxygen atoms in total. The lowest BCUT2D eigenvalue weighted by Crippen LogP contribution is -2.33. The Kier molecular flexibility index (Phi) is 3.74. The summed E-state index contributed by atoms with van der Waals surface area (Å²) >= 11 is 0. The molecule has 0 aliphatic rings. The molecule has 1 unspecified atom stereocenters. The molecule has 0 aliphatic carbocycles. The topological polar surface area (TPSA) is 72.9 Å². The van der Waals surface area contributed by atoms with Gasteiger partial charge in [-0.3, -0.25) is 4.79 Å². The van der Waals surface area contributed by atoms with Gasteiger partial charge in [-0.1, -0.05) is 30.3 Å². The second-order valence-electron chi connectivity index (χ2n) is 4.09. The lowest BCUT2D eigenvalue weighted by atomic mass is 10.1. The molecule has 1 atom stereocenters. The number of rotatable bonds is 4. The molecular formula is C13H16N4O. The Bertz CT molecular complexity index is 521. The first-order valence-corrected chi connectivity index (χ1v) is 5.74. The minimum Gasteiger partial charge on any atom is -0.347 e. The van der Waals surface area contributed by atoms with Crippen molar-refractivity contribution in [3.8, 4) is 0 Å². The molecule has 1 aromatic carbocycles. The van der Waals surface area contributed by atoms with E-state index < -0.39 is 0 Å². The van der Waals surface area contributed by atoms with Gasteiger partial charge in [0.25, 0.3) is 5.91 Å². The molecule has 0 radical (unpaired) electrons. The number of imidazole rings is 1. The molecular weight excluding hydrogens is 228 g/mol. The van der Waals surface area contributed by atoms with Crippen molar-refractivity contribution in [2.24, 2.45) is 12.8 Å². The second-order valence-corrected chi connectivity index (χ2v) is 4.09. The highest BCUT2D eigenvalue weighted by atomic mass is 16.2. The van der Waals surface area contributed by atoms with Gasteiger partial charge in [-0.15, -0.1) is 0 Å². The highest BCUT2D eigenvalue weighted by Crippen LogP contribution is 2.08. The smallest absolute Gasteiger partial charge is 0.287 e. The number of nitrogens with one attached hydrogen (secondary N) is 1. The predicted molar refractivity (Wildman–Crippen MR) is 68.9 cm³/mol. The highest BCUT2D eigenvalue weighted by Gasteiger charge is 2.12. The molecule has 94 valence electrons. The zero-order valence-electron chi connectivity index (χ0n) is 10.2. The van der Waals surface area contributed by atoms with E-state index in [9.17, 15) is 4.79 Å². The van der Waals surface area contributed by atoms with E-state index in [4.69, 9.17) is 5.73 Å². The Hall–Kier alpha value is -2.14. The van der Waals surface area contributed by atoms with Crippen LogP contribution in [0.4, 0.5) is 0 Å². The van der Waals surface area contributed by atoms with Crippen LogP contribution in [0.25, 0.3) is 0 Å². The minimum absolute atomic E-state index is 0.213. The Labute approximate surface area is 106 Å². The SMILES string of the molecule is Cn1ccnc1C(=O)NCC(N)c1ccccc1. The molecule has 18 heavy (non-hydrogen) atoms. The van der Waals surface area contributed by atoms with Gasteiger partial charge in [0, 0.05) is 32.0 Å². The summed E-state index contributed by atoms with van der Waals surface area (Å²) in [5.41, 5.74) is 6.99. The molecule has 2 aromatic rings. The third kappa shape index (κ3) is 2.75. The van der Waals surface area contributed by atoms with Crippen LogP contribution in [0.1, 0.15) is 22.2 Å². The van der Waals surface area contributed by atoms with Gasteiger partial charge in [0.05, 0.1) is 0 Å². The van der Waals surface area contributed by atoms with Gasteiger partial charge in [-0.2, -0.15) is 0 Å². The van der Waals surface area contributed by atoms with Crippen molar-refractivity contribution in [2.75, 3.05) is 6.54 Å². The van der Waals surface area contributed by atoms with Crippen molar-refractivity contribution >= 4 is 5.91 Å². The van der Waals surface area contributed by atoms with Crippen LogP contribution in [-0.4, -0.2) is 22.0 Å². The fourth-order valence-electron chi connectivity index (χ4n) is 1.68. The first-order valence-electron chi connectivity index (χ1n) is 5.74. The summed E-state index contributed by atoms with van der Waals surface area (Å²) in [5.74, 6) is 0.171. The van der Waals surface area contributed by atoms with Crippen LogP contribution in [0, 0.1) is 0 Å². The molecule has 0 spiro atoms. The van der Waals surface area contributed by atoms with Crippen molar-refractivity contribution in [3.05, 3.63) is 54.1 Å². The Balaban J connectivity index is 1.93. The van der Waals surface area contributed by atoms with Crippen LogP contribution in [0.5, 0.6) is 0 Å². The van der Waals surface area contributed by atoms with E-state index in [0.717, 1.165) is 5.56 Å². The highest BCUT2D eigenvalue weighted by molar-refractivity contribution is 5.90. The first-order chi connectivity index (χ1) is 8.68. The van der Waals surface area contributed by atoms with Gasteiger partial charge >= 0.3 is 0 Å². The summed E-state index contributed by atoms with van der Waals surface area (Å²) < 4.78 is 1.67. The molecule has 0 aliphatic heterocycles. The summed E-state index contributed by atoms with van der Waals surface area (Å²) in [5, 5.41) is 2.78. The zero-order chi connectivity index (χ0) is 13.0. The van der Waals surface area contributed by atoms with Gasteiger partial charge in [-0.05, 0) is 5.56 Å². The first kappa shape index (κ1) is 12.3. The maximum atomic E-state index is 11.8. The molecule has 1 aromatic heterocycles.